The lowest BCUT2D eigenvalue weighted by Crippen LogP contribution is -2.39. The summed E-state index contributed by atoms with van der Waals surface area (Å²) in [6.45, 7) is 1.26. The zero-order valence-corrected chi connectivity index (χ0v) is 23.2. The summed E-state index contributed by atoms with van der Waals surface area (Å²) in [5, 5.41) is 5.92. The quantitative estimate of drug-likeness (QED) is 0.335. The van der Waals surface area contributed by atoms with E-state index in [2.05, 4.69) is 10.6 Å². The lowest BCUT2D eigenvalue weighted by atomic mass is 9.95. The molecule has 1 aliphatic rings. The topological polar surface area (TPSA) is 95.6 Å². The van der Waals surface area contributed by atoms with Crippen LogP contribution in [-0.4, -0.2) is 32.8 Å². The molecule has 0 aliphatic heterocycles. The summed E-state index contributed by atoms with van der Waals surface area (Å²) < 4.78 is 28.3. The standard InChI is InChI=1S/C28H29Cl2N3O4S/c1-19-14-16-21(17-15-19)38(36,37)33(25-13-7-11-23(29)27(25)30)18-26(34)32-24-12-6-5-10-22(24)28(35)31-20-8-3-2-4-9-20/h5-7,10-17,20H,2-4,8-9,18H2,1H3,(H,31,35)(H,32,34). The molecule has 0 unspecified atom stereocenters. The van der Waals surface area contributed by atoms with Crippen molar-refractivity contribution in [3.8, 4) is 0 Å². The van der Waals surface area contributed by atoms with Crippen LogP contribution in [0, 0.1) is 6.92 Å². The van der Waals surface area contributed by atoms with Crippen LogP contribution in [0.5, 0.6) is 0 Å². The van der Waals surface area contributed by atoms with E-state index in [1.54, 1.807) is 42.5 Å². The SMILES string of the molecule is Cc1ccc(S(=O)(=O)N(CC(=O)Nc2ccccc2C(=O)NC2CCCCC2)c2cccc(Cl)c2Cl)cc1. The highest BCUT2D eigenvalue weighted by Crippen LogP contribution is 2.35. The van der Waals surface area contributed by atoms with E-state index in [9.17, 15) is 18.0 Å². The largest absolute Gasteiger partial charge is 0.349 e. The Morgan fingerprint density at radius 3 is 2.32 bits per heavy atom. The van der Waals surface area contributed by atoms with Crippen LogP contribution in [0.3, 0.4) is 0 Å². The molecule has 1 saturated carbocycles. The summed E-state index contributed by atoms with van der Waals surface area (Å²) in [5.41, 5.74) is 1.55. The van der Waals surface area contributed by atoms with Crippen molar-refractivity contribution in [2.75, 3.05) is 16.2 Å². The normalized spacial score (nSPS) is 14.1. The maximum Gasteiger partial charge on any atom is 0.264 e. The predicted octanol–water partition coefficient (Wildman–Crippen LogP) is 6.20. The number of amides is 2. The summed E-state index contributed by atoms with van der Waals surface area (Å²) in [7, 11) is -4.19. The first-order valence-corrected chi connectivity index (χ1v) is 14.6. The smallest absolute Gasteiger partial charge is 0.264 e. The molecule has 0 radical (unpaired) electrons. The Bertz CT molecular complexity index is 1420. The molecule has 0 atom stereocenters. The van der Waals surface area contributed by atoms with Crippen molar-refractivity contribution in [1.29, 1.82) is 0 Å². The molecule has 0 aromatic heterocycles. The van der Waals surface area contributed by atoms with E-state index in [-0.39, 0.29) is 38.3 Å². The van der Waals surface area contributed by atoms with Gasteiger partial charge in [-0.3, -0.25) is 13.9 Å². The third kappa shape index (κ3) is 6.49. The number of aryl methyl sites for hydroxylation is 1. The van der Waals surface area contributed by atoms with Gasteiger partial charge in [-0.25, -0.2) is 8.42 Å². The summed E-state index contributed by atoms with van der Waals surface area (Å²) in [5.74, 6) is -0.926. The molecule has 38 heavy (non-hydrogen) atoms. The van der Waals surface area contributed by atoms with Gasteiger partial charge in [-0.1, -0.05) is 78.4 Å². The number of anilines is 2. The Hall–Kier alpha value is -3.07. The number of carbonyl (C=O) groups is 2. The molecule has 4 rings (SSSR count). The highest BCUT2D eigenvalue weighted by atomic mass is 35.5. The maximum atomic E-state index is 13.7. The van der Waals surface area contributed by atoms with Crippen LogP contribution >= 0.6 is 23.2 Å². The van der Waals surface area contributed by atoms with Gasteiger partial charge in [-0.05, 0) is 56.2 Å². The minimum Gasteiger partial charge on any atom is -0.349 e. The fourth-order valence-electron chi connectivity index (χ4n) is 4.44. The molecule has 3 aromatic rings. The Morgan fingerprint density at radius 1 is 0.921 bits per heavy atom. The van der Waals surface area contributed by atoms with Crippen molar-refractivity contribution in [2.45, 2.75) is 50.0 Å². The number of nitrogens with zero attached hydrogens (tertiary/aromatic N) is 1. The van der Waals surface area contributed by atoms with Crippen LogP contribution < -0.4 is 14.9 Å². The van der Waals surface area contributed by atoms with E-state index in [1.165, 1.54) is 24.3 Å². The Kier molecular flexibility index (Phi) is 8.97. The first-order chi connectivity index (χ1) is 18.2. The van der Waals surface area contributed by atoms with E-state index >= 15 is 0 Å². The number of carbonyl (C=O) groups excluding carboxylic acids is 2. The van der Waals surface area contributed by atoms with Crippen LogP contribution in [0.2, 0.25) is 10.0 Å². The molecule has 200 valence electrons. The summed E-state index contributed by atoms with van der Waals surface area (Å²) in [4.78, 5) is 26.3. The molecule has 10 heteroatoms. The van der Waals surface area contributed by atoms with Gasteiger partial charge >= 0.3 is 0 Å². The van der Waals surface area contributed by atoms with E-state index in [1.807, 2.05) is 6.92 Å². The molecule has 1 fully saturated rings. The minimum absolute atomic E-state index is 0.000739. The predicted molar refractivity (Wildman–Crippen MR) is 152 cm³/mol. The summed E-state index contributed by atoms with van der Waals surface area (Å²) >= 11 is 12.6. The second kappa shape index (κ2) is 12.2. The van der Waals surface area contributed by atoms with Crippen LogP contribution in [0.4, 0.5) is 11.4 Å². The van der Waals surface area contributed by atoms with Gasteiger partial charge < -0.3 is 10.6 Å². The zero-order chi connectivity index (χ0) is 27.3. The monoisotopic (exact) mass is 573 g/mol. The second-order valence-corrected chi connectivity index (χ2v) is 11.9. The highest BCUT2D eigenvalue weighted by molar-refractivity contribution is 7.92. The average molecular weight is 575 g/mol. The molecule has 1 aliphatic carbocycles. The third-order valence-electron chi connectivity index (χ3n) is 6.48. The molecule has 0 heterocycles. The number of benzene rings is 3. The Morgan fingerprint density at radius 2 is 1.61 bits per heavy atom. The van der Waals surface area contributed by atoms with Crippen molar-refractivity contribution < 1.29 is 18.0 Å². The van der Waals surface area contributed by atoms with E-state index in [0.29, 0.717) is 5.56 Å². The number of hydrogen-bond donors (Lipinski definition) is 2. The zero-order valence-electron chi connectivity index (χ0n) is 20.9. The van der Waals surface area contributed by atoms with Crippen LogP contribution in [-0.2, 0) is 14.8 Å². The number of hydrogen-bond acceptors (Lipinski definition) is 4. The number of rotatable bonds is 8. The summed E-state index contributed by atoms with van der Waals surface area (Å²) in [6, 6.07) is 17.6. The molecule has 0 spiro atoms. The van der Waals surface area contributed by atoms with E-state index in [0.717, 1.165) is 42.0 Å². The van der Waals surface area contributed by atoms with Gasteiger partial charge in [0, 0.05) is 6.04 Å². The van der Waals surface area contributed by atoms with Crippen molar-refractivity contribution >= 4 is 56.4 Å². The van der Waals surface area contributed by atoms with Crippen molar-refractivity contribution in [2.24, 2.45) is 0 Å². The van der Waals surface area contributed by atoms with Crippen LogP contribution in [0.1, 0.15) is 48.0 Å². The van der Waals surface area contributed by atoms with Gasteiger partial charge in [-0.15, -0.1) is 0 Å². The van der Waals surface area contributed by atoms with Gasteiger partial charge in [0.25, 0.3) is 15.9 Å². The van der Waals surface area contributed by atoms with Gasteiger partial charge in [0.1, 0.15) is 6.54 Å². The van der Waals surface area contributed by atoms with Crippen molar-refractivity contribution in [3.05, 3.63) is 87.9 Å². The maximum absolute atomic E-state index is 13.7. The Labute approximate surface area is 233 Å². The molecular weight excluding hydrogens is 545 g/mol. The molecule has 7 nitrogen and oxygen atoms in total. The average Bonchev–Trinajstić information content (AvgIpc) is 2.90. The molecule has 2 amide bonds. The fourth-order valence-corrected chi connectivity index (χ4v) is 6.32. The number of halogens is 2. The number of para-hydroxylation sites is 1. The lowest BCUT2D eigenvalue weighted by Gasteiger charge is -2.26. The molecule has 3 aromatic carbocycles. The van der Waals surface area contributed by atoms with E-state index in [4.69, 9.17) is 23.2 Å². The van der Waals surface area contributed by atoms with Gasteiger partial charge in [0.15, 0.2) is 0 Å². The molecule has 0 saturated heterocycles. The van der Waals surface area contributed by atoms with Gasteiger partial charge in [0.05, 0.1) is 31.9 Å². The lowest BCUT2D eigenvalue weighted by molar-refractivity contribution is -0.114. The minimum atomic E-state index is -4.19. The molecular formula is C28H29Cl2N3O4S. The highest BCUT2D eigenvalue weighted by Gasteiger charge is 2.30. The van der Waals surface area contributed by atoms with Gasteiger partial charge in [0.2, 0.25) is 5.91 Å². The van der Waals surface area contributed by atoms with E-state index < -0.39 is 22.5 Å². The second-order valence-electron chi connectivity index (χ2n) is 9.30. The van der Waals surface area contributed by atoms with Crippen LogP contribution in [0.25, 0.3) is 0 Å². The molecule has 2 N–H and O–H groups in total. The van der Waals surface area contributed by atoms with Crippen LogP contribution in [0.15, 0.2) is 71.6 Å². The fraction of sp³-hybridized carbons (Fsp3) is 0.286. The third-order valence-corrected chi connectivity index (χ3v) is 9.07. The summed E-state index contributed by atoms with van der Waals surface area (Å²) in [6.07, 6.45) is 5.15. The van der Waals surface area contributed by atoms with Crippen molar-refractivity contribution in [3.63, 3.8) is 0 Å². The number of nitrogens with one attached hydrogen (secondary N) is 2. The first-order valence-electron chi connectivity index (χ1n) is 12.4. The first kappa shape index (κ1) is 28.0. The Balaban J connectivity index is 1.61. The number of sulfonamides is 1. The van der Waals surface area contributed by atoms with Gasteiger partial charge in [-0.2, -0.15) is 0 Å². The molecule has 0 bridgehead atoms. The van der Waals surface area contributed by atoms with Crippen molar-refractivity contribution in [1.82, 2.24) is 5.32 Å².